The maximum atomic E-state index is 13.7. The molecule has 3 heterocycles. The molecule has 1 aromatic heterocycles. The molecular weight excluding hydrogens is 297 g/mol. The number of piperidine rings is 1. The zero-order valence-electron chi connectivity index (χ0n) is 13.8. The fourth-order valence-corrected chi connectivity index (χ4v) is 3.63. The molecule has 3 rings (SSSR count). The third kappa shape index (κ3) is 3.38. The molecule has 2 fully saturated rings. The van der Waals surface area contributed by atoms with E-state index in [9.17, 15) is 9.18 Å². The van der Waals surface area contributed by atoms with E-state index in [1.54, 1.807) is 4.90 Å². The molecule has 6 heteroatoms. The van der Waals surface area contributed by atoms with Crippen LogP contribution >= 0.6 is 0 Å². The summed E-state index contributed by atoms with van der Waals surface area (Å²) in [6.45, 7) is 2.00. The van der Waals surface area contributed by atoms with Gasteiger partial charge < -0.3 is 14.5 Å². The minimum absolute atomic E-state index is 0.103. The van der Waals surface area contributed by atoms with Crippen molar-refractivity contribution in [2.75, 3.05) is 33.8 Å². The second kappa shape index (κ2) is 6.53. The third-order valence-electron chi connectivity index (χ3n) is 5.16. The molecule has 0 bridgehead atoms. The molecule has 0 aromatic carbocycles. The van der Waals surface area contributed by atoms with Crippen molar-refractivity contribution in [3.8, 4) is 0 Å². The van der Waals surface area contributed by atoms with Gasteiger partial charge in [-0.1, -0.05) is 0 Å². The van der Waals surface area contributed by atoms with Gasteiger partial charge in [0.25, 0.3) is 5.91 Å². The highest BCUT2D eigenvalue weighted by Gasteiger charge is 2.41. The molecule has 0 unspecified atom stereocenters. The quantitative estimate of drug-likeness (QED) is 0.835. The lowest BCUT2D eigenvalue weighted by molar-refractivity contribution is -0.125. The van der Waals surface area contributed by atoms with Crippen LogP contribution in [0.5, 0.6) is 0 Å². The number of carbonyl (C=O) groups is 1. The van der Waals surface area contributed by atoms with Crippen molar-refractivity contribution in [2.45, 2.75) is 37.3 Å². The number of hydrogen-bond donors (Lipinski definition) is 0. The second-order valence-electron chi connectivity index (χ2n) is 6.79. The van der Waals surface area contributed by atoms with Gasteiger partial charge in [0.15, 0.2) is 5.82 Å². The third-order valence-corrected chi connectivity index (χ3v) is 5.16. The number of amides is 1. The Labute approximate surface area is 136 Å². The smallest absolute Gasteiger partial charge is 0.256 e. The van der Waals surface area contributed by atoms with Crippen LogP contribution in [0.25, 0.3) is 0 Å². The zero-order chi connectivity index (χ0) is 16.4. The predicted octanol–water partition coefficient (Wildman–Crippen LogP) is 1.94. The van der Waals surface area contributed by atoms with Crippen molar-refractivity contribution in [3.63, 3.8) is 0 Å². The molecule has 2 aliphatic heterocycles. The van der Waals surface area contributed by atoms with E-state index in [0.29, 0.717) is 19.1 Å². The number of pyridine rings is 1. The van der Waals surface area contributed by atoms with Crippen LogP contribution in [0.4, 0.5) is 4.39 Å². The lowest BCUT2D eigenvalue weighted by Gasteiger charge is -2.47. The van der Waals surface area contributed by atoms with Gasteiger partial charge in [0.05, 0.1) is 17.4 Å². The van der Waals surface area contributed by atoms with Crippen molar-refractivity contribution in [1.29, 1.82) is 0 Å². The van der Waals surface area contributed by atoms with Crippen LogP contribution in [-0.2, 0) is 4.74 Å². The van der Waals surface area contributed by atoms with Crippen LogP contribution < -0.4 is 0 Å². The van der Waals surface area contributed by atoms with Crippen molar-refractivity contribution in [2.24, 2.45) is 0 Å². The highest BCUT2D eigenvalue weighted by atomic mass is 19.1. The highest BCUT2D eigenvalue weighted by Crippen LogP contribution is 2.36. The lowest BCUT2D eigenvalue weighted by atomic mass is 9.82. The average molecular weight is 321 g/mol. The number of nitrogens with zero attached hydrogens (tertiary/aromatic N) is 3. The molecule has 0 saturated carbocycles. The van der Waals surface area contributed by atoms with Gasteiger partial charge in [0, 0.05) is 31.9 Å². The topological polar surface area (TPSA) is 45.7 Å². The minimum atomic E-state index is -0.556. The summed E-state index contributed by atoms with van der Waals surface area (Å²) in [4.78, 5) is 20.2. The summed E-state index contributed by atoms with van der Waals surface area (Å²) in [6, 6.07) is 1.98. The van der Waals surface area contributed by atoms with E-state index in [1.807, 2.05) is 0 Å². The first kappa shape index (κ1) is 16.3. The van der Waals surface area contributed by atoms with Gasteiger partial charge >= 0.3 is 0 Å². The van der Waals surface area contributed by atoms with E-state index in [0.717, 1.165) is 38.5 Å². The number of hydrogen-bond acceptors (Lipinski definition) is 4. The van der Waals surface area contributed by atoms with Crippen molar-refractivity contribution in [1.82, 2.24) is 14.8 Å². The second-order valence-corrected chi connectivity index (χ2v) is 6.79. The summed E-state index contributed by atoms with van der Waals surface area (Å²) >= 11 is 0. The Hall–Kier alpha value is -1.53. The first-order chi connectivity index (χ1) is 11.0. The molecule has 0 aliphatic carbocycles. The summed E-state index contributed by atoms with van der Waals surface area (Å²) in [7, 11) is 4.21. The van der Waals surface area contributed by atoms with Gasteiger partial charge in [-0.2, -0.15) is 0 Å². The Morgan fingerprint density at radius 1 is 1.43 bits per heavy atom. The van der Waals surface area contributed by atoms with E-state index in [4.69, 9.17) is 4.74 Å². The maximum absolute atomic E-state index is 13.7. The van der Waals surface area contributed by atoms with Gasteiger partial charge in [-0.15, -0.1) is 0 Å². The normalized spacial score (nSPS) is 24.2. The molecule has 5 nitrogen and oxygen atoms in total. The summed E-state index contributed by atoms with van der Waals surface area (Å²) in [6.07, 6.45) is 6.23. The first-order valence-electron chi connectivity index (χ1n) is 8.20. The molecule has 2 aliphatic rings. The molecule has 0 N–H and O–H groups in total. The van der Waals surface area contributed by atoms with Crippen LogP contribution in [-0.4, -0.2) is 66.1 Å². The minimum Gasteiger partial charge on any atom is -0.375 e. The fraction of sp³-hybridized carbons (Fsp3) is 0.647. The Morgan fingerprint density at radius 3 is 2.83 bits per heavy atom. The molecule has 1 aromatic rings. The number of aromatic nitrogens is 1. The van der Waals surface area contributed by atoms with E-state index in [-0.39, 0.29) is 17.1 Å². The Bertz CT molecular complexity index is 571. The molecule has 0 radical (unpaired) electrons. The van der Waals surface area contributed by atoms with Gasteiger partial charge in [0.1, 0.15) is 0 Å². The SMILES string of the molecule is CN(C)[C@@H]1CCOC2(CCN(C(=O)c3ccncc3F)CC2)C1. The van der Waals surface area contributed by atoms with E-state index < -0.39 is 5.82 Å². The van der Waals surface area contributed by atoms with E-state index >= 15 is 0 Å². The largest absolute Gasteiger partial charge is 0.375 e. The fourth-order valence-electron chi connectivity index (χ4n) is 3.63. The molecular formula is C17H24FN3O2. The molecule has 1 amide bonds. The van der Waals surface area contributed by atoms with Crippen LogP contribution in [0, 0.1) is 5.82 Å². The summed E-state index contributed by atoms with van der Waals surface area (Å²) in [5.74, 6) is -0.806. The van der Waals surface area contributed by atoms with E-state index in [1.165, 1.54) is 12.3 Å². The number of likely N-dealkylation sites (tertiary alicyclic amines) is 1. The maximum Gasteiger partial charge on any atom is 0.256 e. The average Bonchev–Trinajstić information content (AvgIpc) is 2.55. The van der Waals surface area contributed by atoms with Gasteiger partial charge in [-0.25, -0.2) is 4.39 Å². The first-order valence-corrected chi connectivity index (χ1v) is 8.20. The van der Waals surface area contributed by atoms with Crippen LogP contribution in [0.1, 0.15) is 36.0 Å². The van der Waals surface area contributed by atoms with Gasteiger partial charge in [-0.3, -0.25) is 9.78 Å². The van der Waals surface area contributed by atoms with E-state index in [2.05, 4.69) is 24.0 Å². The lowest BCUT2D eigenvalue weighted by Crippen LogP contribution is -2.53. The van der Waals surface area contributed by atoms with Crippen molar-refractivity contribution in [3.05, 3.63) is 29.8 Å². The number of carbonyl (C=O) groups excluding carboxylic acids is 1. The van der Waals surface area contributed by atoms with Crippen LogP contribution in [0.2, 0.25) is 0 Å². The monoisotopic (exact) mass is 321 g/mol. The number of ether oxygens (including phenoxy) is 1. The summed E-state index contributed by atoms with van der Waals surface area (Å²) < 4.78 is 19.8. The molecule has 1 spiro atoms. The number of halogens is 1. The Kier molecular flexibility index (Phi) is 4.64. The summed E-state index contributed by atoms with van der Waals surface area (Å²) in [5.41, 5.74) is -0.0208. The molecule has 126 valence electrons. The zero-order valence-corrected chi connectivity index (χ0v) is 13.8. The van der Waals surface area contributed by atoms with Crippen molar-refractivity contribution >= 4 is 5.91 Å². The molecule has 23 heavy (non-hydrogen) atoms. The standard InChI is InChI=1S/C17H24FN3O2/c1-20(2)13-4-10-23-17(11-13)5-8-21(9-6-17)16(22)14-3-7-19-12-15(14)18/h3,7,12-13H,4-6,8-11H2,1-2H3/t13-/m1/s1. The van der Waals surface area contributed by atoms with Crippen molar-refractivity contribution < 1.29 is 13.9 Å². The highest BCUT2D eigenvalue weighted by molar-refractivity contribution is 5.94. The predicted molar refractivity (Wildman–Crippen MR) is 84.7 cm³/mol. The summed E-state index contributed by atoms with van der Waals surface area (Å²) in [5, 5.41) is 0. The molecule has 2 saturated heterocycles. The number of rotatable bonds is 2. The Balaban J connectivity index is 1.64. The van der Waals surface area contributed by atoms with Crippen LogP contribution in [0.3, 0.4) is 0 Å². The Morgan fingerprint density at radius 2 is 2.17 bits per heavy atom. The molecule has 1 atom stereocenters. The van der Waals surface area contributed by atoms with Gasteiger partial charge in [-0.05, 0) is 45.8 Å². The van der Waals surface area contributed by atoms with Gasteiger partial charge in [0.2, 0.25) is 0 Å². The van der Waals surface area contributed by atoms with Crippen LogP contribution in [0.15, 0.2) is 18.5 Å².